The number of hydrogen-bond acceptors (Lipinski definition) is 4. The number of aromatic nitrogens is 2. The maximum absolute atomic E-state index is 11.6. The van der Waals surface area contributed by atoms with Crippen LogP contribution < -0.4 is 10.6 Å². The van der Waals surface area contributed by atoms with Gasteiger partial charge in [-0.1, -0.05) is 6.42 Å². The summed E-state index contributed by atoms with van der Waals surface area (Å²) >= 11 is 0. The van der Waals surface area contributed by atoms with Crippen LogP contribution in [0.5, 0.6) is 0 Å². The highest BCUT2D eigenvalue weighted by Crippen LogP contribution is 2.06. The Morgan fingerprint density at radius 3 is 2.61 bits per heavy atom. The van der Waals surface area contributed by atoms with Gasteiger partial charge in [-0.3, -0.25) is 4.79 Å². The van der Waals surface area contributed by atoms with Gasteiger partial charge in [0.05, 0.1) is 6.33 Å². The van der Waals surface area contributed by atoms with Crippen LogP contribution in [0.2, 0.25) is 0 Å². The Balaban J connectivity index is 1.94. The Bertz CT molecular complexity index is 466. The van der Waals surface area contributed by atoms with Crippen molar-refractivity contribution in [1.29, 1.82) is 0 Å². The molecule has 1 aromatic heterocycles. The molecular weight excluding hydrogens is 296 g/mol. The molecule has 0 fully saturated rings. The fourth-order valence-electron chi connectivity index (χ4n) is 1.94. The van der Waals surface area contributed by atoms with Crippen molar-refractivity contribution in [3.8, 4) is 0 Å². The summed E-state index contributed by atoms with van der Waals surface area (Å²) in [6, 6.07) is 0. The average Bonchev–Trinajstić information content (AvgIpc) is 2.94. The Morgan fingerprint density at radius 1 is 1.17 bits per heavy atom. The molecule has 0 aliphatic rings. The number of carbonyl (C=O) groups excluding carboxylic acids is 2. The highest BCUT2D eigenvalue weighted by molar-refractivity contribution is 5.75. The Morgan fingerprint density at radius 2 is 1.96 bits per heavy atom. The summed E-state index contributed by atoms with van der Waals surface area (Å²) in [4.78, 5) is 30.0. The molecule has 0 saturated heterocycles. The second-order valence-corrected chi connectivity index (χ2v) is 6.42. The van der Waals surface area contributed by atoms with E-state index in [1.54, 1.807) is 12.5 Å². The number of unbranched alkanes of at least 4 members (excludes halogenated alkanes) is 2. The van der Waals surface area contributed by atoms with Crippen LogP contribution in [0.4, 0.5) is 4.79 Å². The van der Waals surface area contributed by atoms with E-state index in [1.165, 1.54) is 0 Å². The van der Waals surface area contributed by atoms with Crippen molar-refractivity contribution in [2.45, 2.75) is 58.5 Å². The predicted octanol–water partition coefficient (Wildman–Crippen LogP) is 2.15. The first-order chi connectivity index (χ1) is 10.9. The van der Waals surface area contributed by atoms with Crippen LogP contribution in [-0.4, -0.2) is 40.7 Å². The van der Waals surface area contributed by atoms with Crippen LogP contribution in [0.1, 0.15) is 52.1 Å². The lowest BCUT2D eigenvalue weighted by molar-refractivity contribution is -0.121. The molecule has 0 unspecified atom stereocenters. The van der Waals surface area contributed by atoms with Crippen molar-refractivity contribution >= 4 is 12.0 Å². The van der Waals surface area contributed by atoms with Gasteiger partial charge < -0.3 is 20.4 Å². The van der Waals surface area contributed by atoms with Gasteiger partial charge in [0.1, 0.15) is 5.60 Å². The zero-order valence-electron chi connectivity index (χ0n) is 14.3. The molecule has 1 aromatic rings. The topological polar surface area (TPSA) is 96.1 Å². The van der Waals surface area contributed by atoms with Gasteiger partial charge >= 0.3 is 6.09 Å². The van der Waals surface area contributed by atoms with E-state index in [9.17, 15) is 9.59 Å². The van der Waals surface area contributed by atoms with Crippen LogP contribution in [-0.2, 0) is 16.0 Å². The second kappa shape index (κ2) is 9.86. The molecule has 0 aliphatic carbocycles. The van der Waals surface area contributed by atoms with E-state index in [4.69, 9.17) is 4.74 Å². The standard InChI is InChI=1S/C16H28N4O3/c1-16(2,3)23-15(22)19-9-6-4-5-7-14(21)18-10-8-13-11-17-12-20-13/h11-12H,4-10H2,1-3H3,(H,17,20)(H,18,21)(H,19,22). The molecule has 1 heterocycles. The lowest BCUT2D eigenvalue weighted by Crippen LogP contribution is -2.33. The highest BCUT2D eigenvalue weighted by Gasteiger charge is 2.15. The smallest absolute Gasteiger partial charge is 0.407 e. The summed E-state index contributed by atoms with van der Waals surface area (Å²) in [5.41, 5.74) is 0.539. The van der Waals surface area contributed by atoms with E-state index in [-0.39, 0.29) is 5.91 Å². The molecule has 23 heavy (non-hydrogen) atoms. The zero-order valence-corrected chi connectivity index (χ0v) is 14.3. The van der Waals surface area contributed by atoms with Crippen LogP contribution in [0.25, 0.3) is 0 Å². The molecule has 0 aliphatic heterocycles. The summed E-state index contributed by atoms with van der Waals surface area (Å²) in [7, 11) is 0. The van der Waals surface area contributed by atoms with E-state index >= 15 is 0 Å². The summed E-state index contributed by atoms with van der Waals surface area (Å²) < 4.78 is 5.14. The first kappa shape index (κ1) is 19.0. The average molecular weight is 324 g/mol. The number of carbonyl (C=O) groups is 2. The Labute approximate surface area is 137 Å². The molecule has 0 aromatic carbocycles. The van der Waals surface area contributed by atoms with Crippen molar-refractivity contribution < 1.29 is 14.3 Å². The summed E-state index contributed by atoms with van der Waals surface area (Å²) in [6.07, 6.45) is 6.79. The minimum atomic E-state index is -0.474. The van der Waals surface area contributed by atoms with Gasteiger partial charge in [-0.25, -0.2) is 9.78 Å². The van der Waals surface area contributed by atoms with Gasteiger partial charge in [0.15, 0.2) is 0 Å². The lowest BCUT2D eigenvalue weighted by atomic mass is 10.2. The number of H-pyrrole nitrogens is 1. The molecule has 7 heteroatoms. The van der Waals surface area contributed by atoms with E-state index in [2.05, 4.69) is 20.6 Å². The van der Waals surface area contributed by atoms with Crippen molar-refractivity contribution in [3.63, 3.8) is 0 Å². The van der Waals surface area contributed by atoms with Crippen LogP contribution in [0, 0.1) is 0 Å². The van der Waals surface area contributed by atoms with Gasteiger partial charge in [0, 0.05) is 37.8 Å². The third-order valence-corrected chi connectivity index (χ3v) is 3.02. The number of amides is 2. The Hall–Kier alpha value is -2.05. The van der Waals surface area contributed by atoms with Gasteiger partial charge in [0.2, 0.25) is 5.91 Å². The zero-order chi connectivity index (χ0) is 17.1. The molecule has 0 saturated carbocycles. The van der Waals surface area contributed by atoms with Gasteiger partial charge in [-0.2, -0.15) is 0 Å². The maximum atomic E-state index is 11.6. The lowest BCUT2D eigenvalue weighted by Gasteiger charge is -2.19. The first-order valence-electron chi connectivity index (χ1n) is 8.07. The molecule has 0 bridgehead atoms. The third-order valence-electron chi connectivity index (χ3n) is 3.02. The molecular formula is C16H28N4O3. The quantitative estimate of drug-likeness (QED) is 0.606. The van der Waals surface area contributed by atoms with Crippen molar-refractivity contribution in [2.24, 2.45) is 0 Å². The summed E-state index contributed by atoms with van der Waals surface area (Å²) in [5.74, 6) is 0.0598. The fourth-order valence-corrected chi connectivity index (χ4v) is 1.94. The molecule has 2 amide bonds. The van der Waals surface area contributed by atoms with Gasteiger partial charge in [-0.05, 0) is 33.6 Å². The molecule has 0 atom stereocenters. The predicted molar refractivity (Wildman–Crippen MR) is 88.0 cm³/mol. The first-order valence-corrected chi connectivity index (χ1v) is 8.07. The second-order valence-electron chi connectivity index (χ2n) is 6.42. The van der Waals surface area contributed by atoms with E-state index in [0.29, 0.717) is 19.5 Å². The Kier molecular flexibility index (Phi) is 8.15. The van der Waals surface area contributed by atoms with Crippen LogP contribution in [0.15, 0.2) is 12.5 Å². The SMILES string of the molecule is CC(C)(C)OC(=O)NCCCCCC(=O)NCCc1cnc[nH]1. The van der Waals surface area contributed by atoms with Crippen molar-refractivity contribution in [2.75, 3.05) is 13.1 Å². The fraction of sp³-hybridized carbons (Fsp3) is 0.688. The number of ether oxygens (including phenoxy) is 1. The van der Waals surface area contributed by atoms with Gasteiger partial charge in [-0.15, -0.1) is 0 Å². The molecule has 7 nitrogen and oxygen atoms in total. The largest absolute Gasteiger partial charge is 0.444 e. The van der Waals surface area contributed by atoms with Crippen molar-refractivity contribution in [3.05, 3.63) is 18.2 Å². The molecule has 1 rings (SSSR count). The minimum absolute atomic E-state index is 0.0598. The van der Waals surface area contributed by atoms with Crippen molar-refractivity contribution in [1.82, 2.24) is 20.6 Å². The summed E-state index contributed by atoms with van der Waals surface area (Å²) in [6.45, 7) is 6.67. The number of imidazole rings is 1. The maximum Gasteiger partial charge on any atom is 0.407 e. The number of aromatic amines is 1. The normalized spacial score (nSPS) is 11.1. The minimum Gasteiger partial charge on any atom is -0.444 e. The summed E-state index contributed by atoms with van der Waals surface area (Å²) in [5, 5.41) is 5.59. The molecule has 0 radical (unpaired) electrons. The number of rotatable bonds is 9. The van der Waals surface area contributed by atoms with E-state index in [0.717, 1.165) is 31.4 Å². The van der Waals surface area contributed by atoms with E-state index < -0.39 is 11.7 Å². The van der Waals surface area contributed by atoms with Crippen LogP contribution >= 0.6 is 0 Å². The van der Waals surface area contributed by atoms with E-state index in [1.807, 2.05) is 20.8 Å². The molecule has 0 spiro atoms. The number of hydrogen-bond donors (Lipinski definition) is 3. The number of nitrogens with one attached hydrogen (secondary N) is 3. The highest BCUT2D eigenvalue weighted by atomic mass is 16.6. The van der Waals surface area contributed by atoms with Crippen LogP contribution in [0.3, 0.4) is 0 Å². The molecule has 130 valence electrons. The number of nitrogens with zero attached hydrogens (tertiary/aromatic N) is 1. The van der Waals surface area contributed by atoms with Gasteiger partial charge in [0.25, 0.3) is 0 Å². The molecule has 3 N–H and O–H groups in total. The third kappa shape index (κ3) is 10.3. The number of alkyl carbamates (subject to hydrolysis) is 1. The monoisotopic (exact) mass is 324 g/mol.